The summed E-state index contributed by atoms with van der Waals surface area (Å²) in [5, 5.41) is 8.22. The number of nitrogens with two attached hydrogens (primary N) is 1. The SMILES string of the molecule is Cc1cc(C(N)CCc2ccc3c(c2)CCO3)c(C)nn1. The van der Waals surface area contributed by atoms with Crippen LogP contribution in [0, 0.1) is 13.8 Å². The summed E-state index contributed by atoms with van der Waals surface area (Å²) in [4.78, 5) is 0. The number of fused-ring (bicyclic) bond motifs is 1. The van der Waals surface area contributed by atoms with Gasteiger partial charge in [-0.3, -0.25) is 0 Å². The quantitative estimate of drug-likeness (QED) is 0.937. The topological polar surface area (TPSA) is 61.0 Å². The Bertz CT molecular complexity index is 654. The highest BCUT2D eigenvalue weighted by atomic mass is 16.5. The summed E-state index contributed by atoms with van der Waals surface area (Å²) in [5.41, 5.74) is 11.9. The van der Waals surface area contributed by atoms with Crippen molar-refractivity contribution in [2.24, 2.45) is 5.73 Å². The molecule has 1 aromatic carbocycles. The van der Waals surface area contributed by atoms with Crippen LogP contribution in [0.1, 0.15) is 40.5 Å². The number of rotatable bonds is 4. The van der Waals surface area contributed by atoms with Gasteiger partial charge in [-0.15, -0.1) is 0 Å². The fraction of sp³-hybridized carbons (Fsp3) is 0.412. The first-order valence-electron chi connectivity index (χ1n) is 7.44. The Hall–Kier alpha value is -1.94. The van der Waals surface area contributed by atoms with Crippen LogP contribution in [-0.2, 0) is 12.8 Å². The highest BCUT2D eigenvalue weighted by Crippen LogP contribution is 2.27. The van der Waals surface area contributed by atoms with Crippen molar-refractivity contribution >= 4 is 0 Å². The Morgan fingerprint density at radius 2 is 2.10 bits per heavy atom. The van der Waals surface area contributed by atoms with Gasteiger partial charge < -0.3 is 10.5 Å². The molecule has 4 heteroatoms. The average Bonchev–Trinajstić information content (AvgIpc) is 2.94. The lowest BCUT2D eigenvalue weighted by molar-refractivity contribution is 0.357. The summed E-state index contributed by atoms with van der Waals surface area (Å²) in [5.74, 6) is 1.04. The molecule has 0 fully saturated rings. The zero-order valence-corrected chi connectivity index (χ0v) is 12.6. The monoisotopic (exact) mass is 283 g/mol. The van der Waals surface area contributed by atoms with Crippen molar-refractivity contribution in [1.29, 1.82) is 0 Å². The van der Waals surface area contributed by atoms with Gasteiger partial charge in [0.2, 0.25) is 0 Å². The molecule has 2 aromatic rings. The van der Waals surface area contributed by atoms with E-state index in [9.17, 15) is 0 Å². The van der Waals surface area contributed by atoms with E-state index in [1.54, 1.807) is 0 Å². The molecule has 0 aliphatic carbocycles. The van der Waals surface area contributed by atoms with Crippen LogP contribution in [0.5, 0.6) is 5.75 Å². The second-order valence-corrected chi connectivity index (χ2v) is 5.71. The first kappa shape index (κ1) is 14.0. The fourth-order valence-electron chi connectivity index (χ4n) is 2.82. The molecular weight excluding hydrogens is 262 g/mol. The Morgan fingerprint density at radius 1 is 1.24 bits per heavy atom. The summed E-state index contributed by atoms with van der Waals surface area (Å²) in [6.45, 7) is 4.72. The molecule has 0 saturated carbocycles. The maximum absolute atomic E-state index is 6.33. The van der Waals surface area contributed by atoms with E-state index in [1.165, 1.54) is 11.1 Å². The maximum atomic E-state index is 6.33. The molecule has 1 aliphatic heterocycles. The largest absolute Gasteiger partial charge is 0.493 e. The van der Waals surface area contributed by atoms with Gasteiger partial charge in [0, 0.05) is 12.5 Å². The van der Waals surface area contributed by atoms with Gasteiger partial charge in [-0.1, -0.05) is 12.1 Å². The maximum Gasteiger partial charge on any atom is 0.122 e. The molecule has 1 unspecified atom stereocenters. The molecular formula is C17H21N3O. The van der Waals surface area contributed by atoms with Crippen molar-refractivity contribution in [3.8, 4) is 5.75 Å². The molecule has 0 amide bonds. The lowest BCUT2D eigenvalue weighted by atomic mass is 9.97. The average molecular weight is 283 g/mol. The van der Waals surface area contributed by atoms with Crippen molar-refractivity contribution < 1.29 is 4.74 Å². The molecule has 0 bridgehead atoms. The first-order chi connectivity index (χ1) is 10.1. The van der Waals surface area contributed by atoms with Crippen molar-refractivity contribution in [2.75, 3.05) is 6.61 Å². The molecule has 0 spiro atoms. The minimum Gasteiger partial charge on any atom is -0.493 e. The lowest BCUT2D eigenvalue weighted by Gasteiger charge is -2.14. The van der Waals surface area contributed by atoms with Gasteiger partial charge in [-0.25, -0.2) is 0 Å². The van der Waals surface area contributed by atoms with Gasteiger partial charge in [-0.05, 0) is 55.5 Å². The second kappa shape index (κ2) is 5.82. The predicted molar refractivity (Wildman–Crippen MR) is 82.4 cm³/mol. The summed E-state index contributed by atoms with van der Waals surface area (Å²) in [6, 6.07) is 8.51. The third-order valence-electron chi connectivity index (χ3n) is 4.04. The minimum absolute atomic E-state index is 0.00343. The third-order valence-corrected chi connectivity index (χ3v) is 4.04. The van der Waals surface area contributed by atoms with E-state index in [1.807, 2.05) is 19.9 Å². The molecule has 1 aromatic heterocycles. The Kier molecular flexibility index (Phi) is 3.88. The lowest BCUT2D eigenvalue weighted by Crippen LogP contribution is -2.14. The third kappa shape index (κ3) is 3.05. The zero-order chi connectivity index (χ0) is 14.8. The Balaban J connectivity index is 1.68. The second-order valence-electron chi connectivity index (χ2n) is 5.71. The molecule has 1 atom stereocenters. The van der Waals surface area contributed by atoms with Gasteiger partial charge in [0.25, 0.3) is 0 Å². The van der Waals surface area contributed by atoms with E-state index in [2.05, 4.69) is 28.4 Å². The van der Waals surface area contributed by atoms with Gasteiger partial charge in [-0.2, -0.15) is 10.2 Å². The Morgan fingerprint density at radius 3 is 2.95 bits per heavy atom. The van der Waals surface area contributed by atoms with E-state index in [-0.39, 0.29) is 6.04 Å². The van der Waals surface area contributed by atoms with E-state index in [0.717, 1.165) is 48.6 Å². The van der Waals surface area contributed by atoms with Gasteiger partial charge in [0.15, 0.2) is 0 Å². The number of hydrogen-bond donors (Lipinski definition) is 1. The van der Waals surface area contributed by atoms with E-state index in [4.69, 9.17) is 10.5 Å². The summed E-state index contributed by atoms with van der Waals surface area (Å²) in [6.07, 6.45) is 2.89. The van der Waals surface area contributed by atoms with E-state index < -0.39 is 0 Å². The molecule has 21 heavy (non-hydrogen) atoms. The van der Waals surface area contributed by atoms with Crippen molar-refractivity contribution in [1.82, 2.24) is 10.2 Å². The molecule has 0 saturated heterocycles. The number of benzene rings is 1. The van der Waals surface area contributed by atoms with Crippen LogP contribution in [0.2, 0.25) is 0 Å². The van der Waals surface area contributed by atoms with Crippen molar-refractivity contribution in [3.63, 3.8) is 0 Å². The normalized spacial score (nSPS) is 14.6. The van der Waals surface area contributed by atoms with Crippen LogP contribution < -0.4 is 10.5 Å². The molecule has 110 valence electrons. The van der Waals surface area contributed by atoms with Crippen LogP contribution in [-0.4, -0.2) is 16.8 Å². The van der Waals surface area contributed by atoms with Gasteiger partial charge in [0.05, 0.1) is 18.0 Å². The number of hydrogen-bond acceptors (Lipinski definition) is 4. The minimum atomic E-state index is 0.00343. The molecule has 2 heterocycles. The van der Waals surface area contributed by atoms with Gasteiger partial charge >= 0.3 is 0 Å². The number of nitrogens with zero attached hydrogens (tertiary/aromatic N) is 2. The van der Waals surface area contributed by atoms with Gasteiger partial charge in [0.1, 0.15) is 5.75 Å². The fourth-order valence-corrected chi connectivity index (χ4v) is 2.82. The number of aryl methyl sites for hydroxylation is 3. The highest BCUT2D eigenvalue weighted by Gasteiger charge is 2.14. The molecule has 2 N–H and O–H groups in total. The van der Waals surface area contributed by atoms with Crippen molar-refractivity contribution in [2.45, 2.75) is 39.2 Å². The highest BCUT2D eigenvalue weighted by molar-refractivity contribution is 5.40. The summed E-state index contributed by atoms with van der Waals surface area (Å²) in [7, 11) is 0. The van der Waals surface area contributed by atoms with Crippen molar-refractivity contribution in [3.05, 3.63) is 52.3 Å². The predicted octanol–water partition coefficient (Wildman–Crippen LogP) is 2.66. The smallest absolute Gasteiger partial charge is 0.122 e. The molecule has 3 rings (SSSR count). The van der Waals surface area contributed by atoms with Crippen LogP contribution in [0.25, 0.3) is 0 Å². The standard InChI is InChI=1S/C17H21N3O/c1-11-9-15(12(2)20-19-11)16(18)5-3-13-4-6-17-14(10-13)7-8-21-17/h4,6,9-10,16H,3,5,7-8,18H2,1-2H3. The summed E-state index contributed by atoms with van der Waals surface area (Å²) >= 11 is 0. The van der Waals surface area contributed by atoms with Crippen LogP contribution >= 0.6 is 0 Å². The van der Waals surface area contributed by atoms with Crippen LogP contribution in [0.3, 0.4) is 0 Å². The molecule has 0 radical (unpaired) electrons. The first-order valence-corrected chi connectivity index (χ1v) is 7.44. The van der Waals surface area contributed by atoms with E-state index in [0.29, 0.717) is 0 Å². The molecule has 1 aliphatic rings. The van der Waals surface area contributed by atoms with Crippen LogP contribution in [0.15, 0.2) is 24.3 Å². The molecule has 4 nitrogen and oxygen atoms in total. The van der Waals surface area contributed by atoms with E-state index >= 15 is 0 Å². The number of ether oxygens (including phenoxy) is 1. The number of aromatic nitrogens is 2. The summed E-state index contributed by atoms with van der Waals surface area (Å²) < 4.78 is 5.54. The zero-order valence-electron chi connectivity index (χ0n) is 12.6. The Labute approximate surface area is 125 Å². The van der Waals surface area contributed by atoms with Crippen LogP contribution in [0.4, 0.5) is 0 Å².